The zero-order valence-corrected chi connectivity index (χ0v) is 11.2. The molecule has 0 atom stereocenters. The first kappa shape index (κ1) is 15.8. The first-order chi connectivity index (χ1) is 8.90. The van der Waals surface area contributed by atoms with Gasteiger partial charge in [-0.2, -0.15) is 13.2 Å². The Balaban J connectivity index is 2.34. The van der Waals surface area contributed by atoms with Crippen molar-refractivity contribution in [3.8, 4) is 0 Å². The van der Waals surface area contributed by atoms with Gasteiger partial charge in [0, 0.05) is 31.5 Å². The van der Waals surface area contributed by atoms with Crippen molar-refractivity contribution in [2.75, 3.05) is 13.6 Å². The summed E-state index contributed by atoms with van der Waals surface area (Å²) in [5.41, 5.74) is -3.38. The van der Waals surface area contributed by atoms with Crippen LogP contribution >= 0.6 is 11.8 Å². The van der Waals surface area contributed by atoms with Gasteiger partial charge >= 0.3 is 5.51 Å². The van der Waals surface area contributed by atoms with Crippen LogP contribution in [0, 0.1) is 0 Å². The maximum Gasteiger partial charge on any atom is 0.446 e. The van der Waals surface area contributed by atoms with Gasteiger partial charge in [-0.25, -0.2) is 0 Å². The average Bonchev–Trinajstić information content (AvgIpc) is 2.34. The summed E-state index contributed by atoms with van der Waals surface area (Å²) in [4.78, 5) is 11.1. The van der Waals surface area contributed by atoms with E-state index in [4.69, 9.17) is 0 Å². The van der Waals surface area contributed by atoms with Gasteiger partial charge in [-0.05, 0) is 29.5 Å². The van der Waals surface area contributed by atoms with Crippen molar-refractivity contribution < 1.29 is 18.0 Å². The molecular weight excluding hydrogens is 277 g/mol. The molecule has 0 aliphatic heterocycles. The Kier molecular flexibility index (Phi) is 6.17. The maximum absolute atomic E-state index is 12.1. The Hall–Kier alpha value is -1.21. The standard InChI is InChI=1S/C12H15F3N2OS/c1-16-11(18)6-7-17-8-9-2-4-10(5-3-9)19-12(13,14)15/h2-5,17H,6-8H2,1H3,(H,16,18). The fourth-order valence-electron chi connectivity index (χ4n) is 1.37. The summed E-state index contributed by atoms with van der Waals surface area (Å²) in [5, 5.41) is 5.55. The summed E-state index contributed by atoms with van der Waals surface area (Å²) in [7, 11) is 1.57. The van der Waals surface area contributed by atoms with E-state index in [-0.39, 0.29) is 22.6 Å². The zero-order chi connectivity index (χ0) is 14.3. The topological polar surface area (TPSA) is 41.1 Å². The van der Waals surface area contributed by atoms with Gasteiger partial charge in [-0.1, -0.05) is 12.1 Å². The Bertz CT molecular complexity index is 406. The molecule has 0 fully saturated rings. The van der Waals surface area contributed by atoms with Crippen LogP contribution in [-0.4, -0.2) is 25.0 Å². The summed E-state index contributed by atoms with van der Waals surface area (Å²) in [5.74, 6) is -0.0515. The number of nitrogens with one attached hydrogen (secondary N) is 2. The summed E-state index contributed by atoms with van der Waals surface area (Å²) >= 11 is -0.129. The molecular formula is C12H15F3N2OS. The van der Waals surface area contributed by atoms with Gasteiger partial charge in [-0.3, -0.25) is 4.79 Å². The summed E-state index contributed by atoms with van der Waals surface area (Å²) in [6.07, 6.45) is 0.374. The number of carbonyl (C=O) groups excluding carboxylic acids is 1. The molecule has 0 aliphatic carbocycles. The van der Waals surface area contributed by atoms with Crippen LogP contribution < -0.4 is 10.6 Å². The molecule has 2 N–H and O–H groups in total. The lowest BCUT2D eigenvalue weighted by atomic mass is 10.2. The lowest BCUT2D eigenvalue weighted by molar-refractivity contribution is -0.120. The number of carbonyl (C=O) groups is 1. The van der Waals surface area contributed by atoms with Crippen LogP contribution in [0.25, 0.3) is 0 Å². The Morgan fingerprint density at radius 2 is 1.89 bits per heavy atom. The molecule has 3 nitrogen and oxygen atoms in total. The van der Waals surface area contributed by atoms with E-state index in [0.29, 0.717) is 19.5 Å². The van der Waals surface area contributed by atoms with Crippen molar-refractivity contribution >= 4 is 17.7 Å². The Morgan fingerprint density at radius 1 is 1.26 bits per heavy atom. The van der Waals surface area contributed by atoms with Crippen molar-refractivity contribution in [3.63, 3.8) is 0 Å². The number of hydrogen-bond acceptors (Lipinski definition) is 3. The van der Waals surface area contributed by atoms with Gasteiger partial charge in [-0.15, -0.1) is 0 Å². The largest absolute Gasteiger partial charge is 0.446 e. The van der Waals surface area contributed by atoms with Crippen LogP contribution in [0.3, 0.4) is 0 Å². The fourth-order valence-corrected chi connectivity index (χ4v) is 1.91. The number of halogens is 3. The average molecular weight is 292 g/mol. The number of benzene rings is 1. The van der Waals surface area contributed by atoms with Crippen LogP contribution in [0.5, 0.6) is 0 Å². The first-order valence-corrected chi connectivity index (χ1v) is 6.48. The van der Waals surface area contributed by atoms with Gasteiger partial charge in [0.25, 0.3) is 0 Å². The third-order valence-electron chi connectivity index (χ3n) is 2.29. The molecule has 0 saturated carbocycles. The summed E-state index contributed by atoms with van der Waals surface area (Å²) in [6.45, 7) is 1.05. The van der Waals surface area contributed by atoms with Gasteiger partial charge in [0.15, 0.2) is 0 Å². The molecule has 0 aromatic heterocycles. The molecule has 0 unspecified atom stereocenters. The SMILES string of the molecule is CNC(=O)CCNCc1ccc(SC(F)(F)F)cc1. The molecule has 0 spiro atoms. The van der Waals surface area contributed by atoms with E-state index in [0.717, 1.165) is 5.56 Å². The minimum atomic E-state index is -4.26. The van der Waals surface area contributed by atoms with Crippen molar-refractivity contribution in [2.24, 2.45) is 0 Å². The third-order valence-corrected chi connectivity index (χ3v) is 3.03. The normalized spacial score (nSPS) is 11.4. The molecule has 1 aromatic rings. The first-order valence-electron chi connectivity index (χ1n) is 5.66. The predicted octanol–water partition coefficient (Wildman–Crippen LogP) is 2.52. The van der Waals surface area contributed by atoms with E-state index in [1.165, 1.54) is 12.1 Å². The molecule has 0 bridgehead atoms. The second-order valence-electron chi connectivity index (χ2n) is 3.79. The smallest absolute Gasteiger partial charge is 0.359 e. The lowest BCUT2D eigenvalue weighted by Gasteiger charge is -2.07. The predicted molar refractivity (Wildman–Crippen MR) is 68.7 cm³/mol. The highest BCUT2D eigenvalue weighted by molar-refractivity contribution is 8.00. The number of hydrogen-bond donors (Lipinski definition) is 2. The maximum atomic E-state index is 12.1. The van der Waals surface area contributed by atoms with Gasteiger partial charge in [0.2, 0.25) is 5.91 Å². The molecule has 0 radical (unpaired) electrons. The number of thioether (sulfide) groups is 1. The van der Waals surface area contributed by atoms with Crippen molar-refractivity contribution in [1.29, 1.82) is 0 Å². The van der Waals surface area contributed by atoms with Gasteiger partial charge in [0.05, 0.1) is 0 Å². The highest BCUT2D eigenvalue weighted by Gasteiger charge is 2.28. The van der Waals surface area contributed by atoms with Crippen LogP contribution in [0.4, 0.5) is 13.2 Å². The number of alkyl halides is 3. The molecule has 106 valence electrons. The molecule has 0 aliphatic rings. The van der Waals surface area contributed by atoms with Crippen LogP contribution in [-0.2, 0) is 11.3 Å². The molecule has 1 amide bonds. The second kappa shape index (κ2) is 7.40. The second-order valence-corrected chi connectivity index (χ2v) is 4.93. The highest BCUT2D eigenvalue weighted by Crippen LogP contribution is 2.36. The monoisotopic (exact) mass is 292 g/mol. The summed E-state index contributed by atoms with van der Waals surface area (Å²) in [6, 6.07) is 6.16. The number of amides is 1. The van der Waals surface area contributed by atoms with E-state index in [1.54, 1.807) is 19.2 Å². The van der Waals surface area contributed by atoms with Gasteiger partial charge in [0.1, 0.15) is 0 Å². The van der Waals surface area contributed by atoms with E-state index >= 15 is 0 Å². The molecule has 0 saturated heterocycles. The highest BCUT2D eigenvalue weighted by atomic mass is 32.2. The van der Waals surface area contributed by atoms with Crippen molar-refractivity contribution in [3.05, 3.63) is 29.8 Å². The van der Waals surface area contributed by atoms with E-state index < -0.39 is 5.51 Å². The zero-order valence-electron chi connectivity index (χ0n) is 10.4. The molecule has 7 heteroatoms. The summed E-state index contributed by atoms with van der Waals surface area (Å²) < 4.78 is 36.3. The van der Waals surface area contributed by atoms with Crippen LogP contribution in [0.2, 0.25) is 0 Å². The lowest BCUT2D eigenvalue weighted by Crippen LogP contribution is -2.24. The fraction of sp³-hybridized carbons (Fsp3) is 0.417. The molecule has 0 heterocycles. The Labute approximate surface area is 114 Å². The van der Waals surface area contributed by atoms with Crippen molar-refractivity contribution in [1.82, 2.24) is 10.6 Å². The molecule has 1 rings (SSSR count). The number of rotatable bonds is 6. The molecule has 19 heavy (non-hydrogen) atoms. The van der Waals surface area contributed by atoms with Crippen LogP contribution in [0.15, 0.2) is 29.2 Å². The third kappa shape index (κ3) is 7.07. The minimum Gasteiger partial charge on any atom is -0.359 e. The van der Waals surface area contributed by atoms with E-state index in [9.17, 15) is 18.0 Å². The van der Waals surface area contributed by atoms with Crippen molar-refractivity contribution in [2.45, 2.75) is 23.4 Å². The molecule has 1 aromatic carbocycles. The quantitative estimate of drug-likeness (QED) is 0.625. The minimum absolute atomic E-state index is 0.0515. The van der Waals surface area contributed by atoms with E-state index in [1.807, 2.05) is 0 Å². The Morgan fingerprint density at radius 3 is 2.42 bits per heavy atom. The van der Waals surface area contributed by atoms with Gasteiger partial charge < -0.3 is 10.6 Å². The van der Waals surface area contributed by atoms with E-state index in [2.05, 4.69) is 10.6 Å². The van der Waals surface area contributed by atoms with Crippen LogP contribution in [0.1, 0.15) is 12.0 Å².